The molecule has 1 aliphatic heterocycles. The standard InChI is InChI=1S/C25H25N5O2/c1-16-7-9-19-20(13-16)30(24(28-19)17-8-10-21-22(14-17)32-15-31-21)23-11-12-26-25(29-23)27-18-5-3-2-4-6-18/h7-14,18H,2-6,15H2,1H3,(H,26,27,29). The van der Waals surface area contributed by atoms with Gasteiger partial charge < -0.3 is 14.8 Å². The van der Waals surface area contributed by atoms with Crippen molar-refractivity contribution in [1.82, 2.24) is 19.5 Å². The summed E-state index contributed by atoms with van der Waals surface area (Å²) in [7, 11) is 0. The Morgan fingerprint density at radius 2 is 1.81 bits per heavy atom. The second-order valence-corrected chi connectivity index (χ2v) is 8.55. The first-order chi connectivity index (χ1) is 15.7. The van der Waals surface area contributed by atoms with Crippen molar-refractivity contribution in [3.63, 3.8) is 0 Å². The quantitative estimate of drug-likeness (QED) is 0.479. The number of benzene rings is 2. The van der Waals surface area contributed by atoms with Crippen molar-refractivity contribution < 1.29 is 9.47 Å². The van der Waals surface area contributed by atoms with Gasteiger partial charge in [0.05, 0.1) is 11.0 Å². The molecule has 7 heteroatoms. The van der Waals surface area contributed by atoms with E-state index in [-0.39, 0.29) is 6.79 Å². The number of hydrogen-bond acceptors (Lipinski definition) is 6. The van der Waals surface area contributed by atoms with E-state index in [1.807, 2.05) is 30.5 Å². The summed E-state index contributed by atoms with van der Waals surface area (Å²) < 4.78 is 13.2. The number of aromatic nitrogens is 4. The number of anilines is 1. The second kappa shape index (κ2) is 7.82. The van der Waals surface area contributed by atoms with Crippen molar-refractivity contribution in [3.8, 4) is 28.7 Å². The third-order valence-electron chi connectivity index (χ3n) is 6.25. The van der Waals surface area contributed by atoms with E-state index in [1.54, 1.807) is 0 Å². The van der Waals surface area contributed by atoms with Crippen molar-refractivity contribution in [1.29, 1.82) is 0 Å². The Morgan fingerprint density at radius 1 is 0.938 bits per heavy atom. The summed E-state index contributed by atoms with van der Waals surface area (Å²) in [4.78, 5) is 14.3. The van der Waals surface area contributed by atoms with Gasteiger partial charge >= 0.3 is 0 Å². The summed E-state index contributed by atoms with van der Waals surface area (Å²) in [6.45, 7) is 2.34. The molecule has 0 atom stereocenters. The van der Waals surface area contributed by atoms with E-state index >= 15 is 0 Å². The van der Waals surface area contributed by atoms with E-state index in [1.165, 1.54) is 37.7 Å². The van der Waals surface area contributed by atoms with Gasteiger partial charge in [-0.15, -0.1) is 0 Å². The highest BCUT2D eigenvalue weighted by Gasteiger charge is 2.20. The zero-order valence-corrected chi connectivity index (χ0v) is 18.0. The maximum atomic E-state index is 5.61. The molecule has 6 rings (SSSR count). The number of nitrogens with one attached hydrogen (secondary N) is 1. The fraction of sp³-hybridized carbons (Fsp3) is 0.320. The van der Waals surface area contributed by atoms with Crippen LogP contribution in [-0.4, -0.2) is 32.4 Å². The van der Waals surface area contributed by atoms with Crippen LogP contribution in [0.3, 0.4) is 0 Å². The van der Waals surface area contributed by atoms with Crippen molar-refractivity contribution in [3.05, 3.63) is 54.2 Å². The van der Waals surface area contributed by atoms with E-state index in [0.717, 1.165) is 39.7 Å². The van der Waals surface area contributed by atoms with E-state index in [4.69, 9.17) is 19.4 Å². The Labute approximate surface area is 186 Å². The van der Waals surface area contributed by atoms with Crippen LogP contribution in [0.2, 0.25) is 0 Å². The molecule has 3 heterocycles. The molecule has 0 radical (unpaired) electrons. The Bertz CT molecular complexity index is 1290. The Morgan fingerprint density at radius 3 is 2.72 bits per heavy atom. The zero-order chi connectivity index (χ0) is 21.5. The van der Waals surface area contributed by atoms with Gasteiger partial charge in [-0.1, -0.05) is 25.3 Å². The Hall–Kier alpha value is -3.61. The highest BCUT2D eigenvalue weighted by Crippen LogP contribution is 2.37. The van der Waals surface area contributed by atoms with Crippen LogP contribution >= 0.6 is 0 Å². The fourth-order valence-corrected chi connectivity index (χ4v) is 4.62. The van der Waals surface area contributed by atoms with Crippen molar-refractivity contribution in [2.45, 2.75) is 45.1 Å². The summed E-state index contributed by atoms with van der Waals surface area (Å²) in [5.41, 5.74) is 4.05. The van der Waals surface area contributed by atoms with Crippen LogP contribution in [-0.2, 0) is 0 Å². The lowest BCUT2D eigenvalue weighted by atomic mass is 9.96. The van der Waals surface area contributed by atoms with Crippen LogP contribution in [0.5, 0.6) is 11.5 Å². The zero-order valence-electron chi connectivity index (χ0n) is 18.0. The minimum atomic E-state index is 0.247. The highest BCUT2D eigenvalue weighted by molar-refractivity contribution is 5.84. The molecular formula is C25H25N5O2. The average Bonchev–Trinajstić information content (AvgIpc) is 3.43. The van der Waals surface area contributed by atoms with Gasteiger partial charge in [0.25, 0.3) is 0 Å². The minimum Gasteiger partial charge on any atom is -0.454 e. The molecule has 1 fully saturated rings. The van der Waals surface area contributed by atoms with E-state index in [0.29, 0.717) is 12.0 Å². The molecule has 1 N–H and O–H groups in total. The minimum absolute atomic E-state index is 0.247. The van der Waals surface area contributed by atoms with E-state index < -0.39 is 0 Å². The number of fused-ring (bicyclic) bond motifs is 2. The maximum Gasteiger partial charge on any atom is 0.231 e. The van der Waals surface area contributed by atoms with Crippen LogP contribution < -0.4 is 14.8 Å². The lowest BCUT2D eigenvalue weighted by molar-refractivity contribution is 0.174. The van der Waals surface area contributed by atoms with Gasteiger partial charge in [0.15, 0.2) is 11.5 Å². The van der Waals surface area contributed by atoms with Crippen LogP contribution in [0.1, 0.15) is 37.7 Å². The molecule has 32 heavy (non-hydrogen) atoms. The summed E-state index contributed by atoms with van der Waals surface area (Å²) >= 11 is 0. The summed E-state index contributed by atoms with van der Waals surface area (Å²) in [6.07, 6.45) is 8.00. The molecule has 2 aromatic carbocycles. The number of hydrogen-bond donors (Lipinski definition) is 1. The smallest absolute Gasteiger partial charge is 0.231 e. The van der Waals surface area contributed by atoms with Crippen molar-refractivity contribution >= 4 is 17.0 Å². The summed E-state index contributed by atoms with van der Waals surface area (Å²) in [5, 5.41) is 3.54. The first-order valence-corrected chi connectivity index (χ1v) is 11.2. The van der Waals surface area contributed by atoms with Gasteiger partial charge in [0.1, 0.15) is 11.6 Å². The largest absolute Gasteiger partial charge is 0.454 e. The van der Waals surface area contributed by atoms with E-state index in [9.17, 15) is 0 Å². The van der Waals surface area contributed by atoms with Gasteiger partial charge in [-0.2, -0.15) is 4.98 Å². The lowest BCUT2D eigenvalue weighted by Crippen LogP contribution is -2.23. The molecule has 1 aliphatic carbocycles. The molecule has 0 amide bonds. The van der Waals surface area contributed by atoms with Crippen molar-refractivity contribution in [2.75, 3.05) is 12.1 Å². The van der Waals surface area contributed by atoms with Crippen LogP contribution in [0.25, 0.3) is 28.2 Å². The molecule has 0 saturated heterocycles. The molecule has 0 bridgehead atoms. The first kappa shape index (κ1) is 19.1. The fourth-order valence-electron chi connectivity index (χ4n) is 4.62. The average molecular weight is 428 g/mol. The maximum absolute atomic E-state index is 5.61. The molecule has 0 unspecified atom stereocenters. The molecule has 0 spiro atoms. The molecule has 162 valence electrons. The van der Waals surface area contributed by atoms with Gasteiger partial charge in [-0.25, -0.2) is 9.97 Å². The second-order valence-electron chi connectivity index (χ2n) is 8.55. The molecule has 1 saturated carbocycles. The SMILES string of the molecule is Cc1ccc2nc(-c3ccc4c(c3)OCO4)n(-c3ccnc(NC4CCCCC4)n3)c2c1. The Balaban J connectivity index is 1.47. The van der Waals surface area contributed by atoms with Gasteiger partial charge in [-0.05, 0) is 61.7 Å². The monoisotopic (exact) mass is 427 g/mol. The molecule has 7 nitrogen and oxygen atoms in total. The Kier molecular flexibility index (Phi) is 4.67. The summed E-state index contributed by atoms with van der Waals surface area (Å²) in [5.74, 6) is 3.76. The predicted octanol–water partition coefficient (Wildman–Crippen LogP) is 5.26. The number of imidazole rings is 1. The number of nitrogens with zero attached hydrogens (tertiary/aromatic N) is 4. The van der Waals surface area contributed by atoms with Gasteiger partial charge in [-0.3, -0.25) is 4.57 Å². The highest BCUT2D eigenvalue weighted by atomic mass is 16.7. The normalized spacial score (nSPS) is 15.9. The van der Waals surface area contributed by atoms with Crippen LogP contribution in [0, 0.1) is 6.92 Å². The summed E-state index contributed by atoms with van der Waals surface area (Å²) in [6, 6.07) is 14.6. The number of aryl methyl sites for hydroxylation is 1. The number of rotatable bonds is 4. The predicted molar refractivity (Wildman–Crippen MR) is 123 cm³/mol. The lowest BCUT2D eigenvalue weighted by Gasteiger charge is -2.22. The van der Waals surface area contributed by atoms with Crippen LogP contribution in [0.15, 0.2) is 48.7 Å². The first-order valence-electron chi connectivity index (χ1n) is 11.2. The molecule has 2 aromatic heterocycles. The van der Waals surface area contributed by atoms with Crippen LogP contribution in [0.4, 0.5) is 5.95 Å². The topological polar surface area (TPSA) is 74.1 Å². The molecule has 2 aliphatic rings. The van der Waals surface area contributed by atoms with Gasteiger partial charge in [0.2, 0.25) is 12.7 Å². The van der Waals surface area contributed by atoms with Gasteiger partial charge in [0, 0.05) is 17.8 Å². The third-order valence-corrected chi connectivity index (χ3v) is 6.25. The third kappa shape index (κ3) is 3.43. The number of ether oxygens (including phenoxy) is 2. The van der Waals surface area contributed by atoms with Crippen molar-refractivity contribution in [2.24, 2.45) is 0 Å². The molecule has 4 aromatic rings. The van der Waals surface area contributed by atoms with E-state index in [2.05, 4.69) is 40.0 Å². The molecular weight excluding hydrogens is 402 g/mol.